The SMILES string of the molecule is COC(=O)C(O)(c1ccc(NC2C3CC4CC(C3)CC2C4)cc1)C(F)(F)F. The van der Waals surface area contributed by atoms with E-state index in [1.165, 1.54) is 44.2 Å². The lowest BCUT2D eigenvalue weighted by molar-refractivity contribution is -0.266. The quantitative estimate of drug-likeness (QED) is 0.776. The monoisotopic (exact) mass is 383 g/mol. The van der Waals surface area contributed by atoms with Crippen molar-refractivity contribution in [3.05, 3.63) is 29.8 Å². The van der Waals surface area contributed by atoms with Gasteiger partial charge in [-0.05, 0) is 67.9 Å². The summed E-state index contributed by atoms with van der Waals surface area (Å²) in [6, 6.07) is 5.64. The lowest BCUT2D eigenvalue weighted by Crippen LogP contribution is -2.51. The molecule has 148 valence electrons. The minimum absolute atomic E-state index is 0.353. The summed E-state index contributed by atoms with van der Waals surface area (Å²) in [4.78, 5) is 11.6. The number of rotatable bonds is 4. The zero-order valence-electron chi connectivity index (χ0n) is 15.1. The fourth-order valence-corrected chi connectivity index (χ4v) is 5.71. The van der Waals surface area contributed by atoms with E-state index >= 15 is 0 Å². The van der Waals surface area contributed by atoms with Gasteiger partial charge in [-0.25, -0.2) is 4.79 Å². The number of aliphatic hydroxyl groups is 1. The third-order valence-corrected chi connectivity index (χ3v) is 6.75. The van der Waals surface area contributed by atoms with Crippen molar-refractivity contribution < 1.29 is 27.8 Å². The maximum absolute atomic E-state index is 13.3. The van der Waals surface area contributed by atoms with Crippen molar-refractivity contribution in [3.63, 3.8) is 0 Å². The van der Waals surface area contributed by atoms with Gasteiger partial charge in [0.05, 0.1) is 7.11 Å². The van der Waals surface area contributed by atoms with Gasteiger partial charge in [-0.2, -0.15) is 13.2 Å². The molecule has 2 N–H and O–H groups in total. The van der Waals surface area contributed by atoms with E-state index in [1.54, 1.807) is 0 Å². The summed E-state index contributed by atoms with van der Waals surface area (Å²) < 4.78 is 44.2. The van der Waals surface area contributed by atoms with E-state index in [0.717, 1.165) is 31.1 Å². The normalized spacial score (nSPS) is 34.2. The first-order valence-electron chi connectivity index (χ1n) is 9.47. The molecule has 0 amide bonds. The van der Waals surface area contributed by atoms with Crippen LogP contribution in [0.3, 0.4) is 0 Å². The highest BCUT2D eigenvalue weighted by Crippen LogP contribution is 2.54. The minimum atomic E-state index is -5.17. The van der Waals surface area contributed by atoms with E-state index in [0.29, 0.717) is 23.6 Å². The maximum atomic E-state index is 13.3. The molecule has 0 radical (unpaired) electrons. The van der Waals surface area contributed by atoms with Crippen molar-refractivity contribution in [2.24, 2.45) is 23.7 Å². The Hall–Kier alpha value is -1.76. The fourth-order valence-electron chi connectivity index (χ4n) is 5.71. The first kappa shape index (κ1) is 18.6. The van der Waals surface area contributed by atoms with Gasteiger partial charge in [0, 0.05) is 17.3 Å². The summed E-state index contributed by atoms with van der Waals surface area (Å²) >= 11 is 0. The van der Waals surface area contributed by atoms with Crippen molar-refractivity contribution in [2.75, 3.05) is 12.4 Å². The third kappa shape index (κ3) is 3.00. The molecule has 5 rings (SSSR count). The lowest BCUT2D eigenvalue weighted by atomic mass is 9.54. The molecular formula is C20H24F3NO3. The van der Waals surface area contributed by atoms with Gasteiger partial charge < -0.3 is 15.2 Å². The van der Waals surface area contributed by atoms with Gasteiger partial charge in [0.15, 0.2) is 0 Å². The fraction of sp³-hybridized carbons (Fsp3) is 0.650. The van der Waals surface area contributed by atoms with E-state index in [4.69, 9.17) is 0 Å². The summed E-state index contributed by atoms with van der Waals surface area (Å²) in [5.74, 6) is 1.20. The third-order valence-electron chi connectivity index (χ3n) is 6.75. The lowest BCUT2D eigenvalue weighted by Gasteiger charge is -2.54. The van der Waals surface area contributed by atoms with Gasteiger partial charge in [-0.15, -0.1) is 0 Å². The van der Waals surface area contributed by atoms with Crippen LogP contribution >= 0.6 is 0 Å². The van der Waals surface area contributed by atoms with Crippen LogP contribution in [0, 0.1) is 23.7 Å². The van der Waals surface area contributed by atoms with Crippen molar-refractivity contribution in [1.82, 2.24) is 0 Å². The topological polar surface area (TPSA) is 58.6 Å². The number of hydrogen-bond donors (Lipinski definition) is 2. The zero-order valence-corrected chi connectivity index (χ0v) is 15.1. The molecule has 0 aliphatic heterocycles. The number of alkyl halides is 3. The van der Waals surface area contributed by atoms with Crippen LogP contribution in [0.25, 0.3) is 0 Å². The van der Waals surface area contributed by atoms with E-state index in [9.17, 15) is 23.1 Å². The number of benzene rings is 1. The first-order valence-corrected chi connectivity index (χ1v) is 9.47. The number of carbonyl (C=O) groups is 1. The van der Waals surface area contributed by atoms with Gasteiger partial charge in [-0.3, -0.25) is 0 Å². The standard InChI is InChI=1S/C20H24F3NO3/c1-27-18(25)19(26,20(21,22)23)15-2-4-16(5-3-15)24-17-13-7-11-6-12(9-13)10-14(17)8-11/h2-5,11-14,17,24,26H,6-10H2,1H3. The Morgan fingerprint density at radius 3 is 2.00 bits per heavy atom. The summed E-state index contributed by atoms with van der Waals surface area (Å²) in [6.45, 7) is 0. The van der Waals surface area contributed by atoms with Crippen LogP contribution in [0.5, 0.6) is 0 Å². The molecule has 4 aliphatic carbocycles. The highest BCUT2D eigenvalue weighted by atomic mass is 19.4. The summed E-state index contributed by atoms with van der Waals surface area (Å²) in [5, 5.41) is 13.6. The number of anilines is 1. The first-order chi connectivity index (χ1) is 12.7. The van der Waals surface area contributed by atoms with Crippen LogP contribution in [0.4, 0.5) is 18.9 Å². The van der Waals surface area contributed by atoms with Crippen LogP contribution < -0.4 is 5.32 Å². The maximum Gasteiger partial charge on any atom is 0.432 e. The number of esters is 1. The summed E-state index contributed by atoms with van der Waals surface area (Å²) in [6.07, 6.45) is 1.13. The predicted molar refractivity (Wildman–Crippen MR) is 92.9 cm³/mol. The molecule has 0 spiro atoms. The smallest absolute Gasteiger partial charge is 0.432 e. The minimum Gasteiger partial charge on any atom is -0.466 e. The number of carbonyl (C=O) groups excluding carboxylic acids is 1. The van der Waals surface area contributed by atoms with Crippen LogP contribution in [0.15, 0.2) is 24.3 Å². The van der Waals surface area contributed by atoms with Crippen molar-refractivity contribution in [2.45, 2.75) is 49.9 Å². The second-order valence-electron chi connectivity index (χ2n) is 8.38. The molecule has 0 saturated heterocycles. The number of halogens is 3. The van der Waals surface area contributed by atoms with E-state index in [1.807, 2.05) is 0 Å². The van der Waals surface area contributed by atoms with Crippen LogP contribution in [-0.4, -0.2) is 30.4 Å². The van der Waals surface area contributed by atoms with Crippen molar-refractivity contribution in [3.8, 4) is 0 Å². The summed E-state index contributed by atoms with van der Waals surface area (Å²) in [7, 11) is 0.821. The molecule has 0 heterocycles. The second kappa shape index (κ2) is 6.40. The largest absolute Gasteiger partial charge is 0.466 e. The molecule has 4 aliphatic rings. The Kier molecular flexibility index (Phi) is 4.41. The Labute approximate surface area is 156 Å². The van der Waals surface area contributed by atoms with Gasteiger partial charge >= 0.3 is 12.1 Å². The molecular weight excluding hydrogens is 359 g/mol. The number of methoxy groups -OCH3 is 1. The van der Waals surface area contributed by atoms with Gasteiger partial charge in [0.25, 0.3) is 5.60 Å². The Bertz CT molecular complexity index is 690. The van der Waals surface area contributed by atoms with E-state index in [2.05, 4.69) is 10.1 Å². The average molecular weight is 383 g/mol. The molecule has 1 aromatic rings. The molecule has 4 saturated carbocycles. The Morgan fingerprint density at radius 2 is 1.56 bits per heavy atom. The number of hydrogen-bond acceptors (Lipinski definition) is 4. The van der Waals surface area contributed by atoms with Crippen molar-refractivity contribution >= 4 is 11.7 Å². The van der Waals surface area contributed by atoms with Crippen molar-refractivity contribution in [1.29, 1.82) is 0 Å². The van der Waals surface area contributed by atoms with E-state index in [-0.39, 0.29) is 0 Å². The van der Waals surface area contributed by atoms with E-state index < -0.39 is 23.3 Å². The second-order valence-corrected chi connectivity index (χ2v) is 8.38. The number of nitrogens with one attached hydrogen (secondary N) is 1. The average Bonchev–Trinajstić information content (AvgIpc) is 2.62. The number of ether oxygens (including phenoxy) is 1. The molecule has 4 fully saturated rings. The molecule has 4 bridgehead atoms. The highest BCUT2D eigenvalue weighted by Gasteiger charge is 2.62. The Balaban J connectivity index is 1.53. The van der Waals surface area contributed by atoms with Gasteiger partial charge in [-0.1, -0.05) is 12.1 Å². The molecule has 0 aromatic heterocycles. The van der Waals surface area contributed by atoms with Crippen LogP contribution in [0.2, 0.25) is 0 Å². The highest BCUT2D eigenvalue weighted by molar-refractivity contribution is 5.82. The molecule has 4 nitrogen and oxygen atoms in total. The zero-order chi connectivity index (χ0) is 19.4. The molecule has 1 aromatic carbocycles. The molecule has 1 atom stereocenters. The summed E-state index contributed by atoms with van der Waals surface area (Å²) in [5.41, 5.74) is -3.49. The molecule has 27 heavy (non-hydrogen) atoms. The Morgan fingerprint density at radius 1 is 1.04 bits per heavy atom. The van der Waals surface area contributed by atoms with Crippen LogP contribution in [-0.2, 0) is 15.1 Å². The molecule has 1 unspecified atom stereocenters. The predicted octanol–water partition coefficient (Wildman–Crippen LogP) is 3.85. The molecule has 7 heteroatoms. The van der Waals surface area contributed by atoms with Gasteiger partial charge in [0.1, 0.15) is 0 Å². The van der Waals surface area contributed by atoms with Crippen LogP contribution in [0.1, 0.15) is 37.7 Å². The van der Waals surface area contributed by atoms with Gasteiger partial charge in [0.2, 0.25) is 0 Å².